The van der Waals surface area contributed by atoms with E-state index in [9.17, 15) is 4.79 Å². The number of carboxylic acids is 1. The number of ether oxygens (including phenoxy) is 2. The van der Waals surface area contributed by atoms with Crippen molar-refractivity contribution >= 4 is 5.97 Å². The molecule has 1 aromatic heterocycles. The van der Waals surface area contributed by atoms with Crippen molar-refractivity contribution in [2.45, 2.75) is 6.54 Å². The maximum absolute atomic E-state index is 10.6. The van der Waals surface area contributed by atoms with Gasteiger partial charge >= 0.3 is 5.97 Å². The van der Waals surface area contributed by atoms with E-state index in [2.05, 4.69) is 5.10 Å². The Morgan fingerprint density at radius 1 is 1.25 bits per heavy atom. The van der Waals surface area contributed by atoms with E-state index in [1.165, 1.54) is 4.68 Å². The number of aliphatic carboxylic acids is 1. The van der Waals surface area contributed by atoms with Crippen LogP contribution in [0.2, 0.25) is 0 Å². The minimum absolute atomic E-state index is 0.141. The predicted octanol–water partition coefficient (Wildman–Crippen LogP) is 1.66. The second kappa shape index (κ2) is 6.72. The van der Waals surface area contributed by atoms with Crippen LogP contribution < -0.4 is 4.74 Å². The molecule has 20 heavy (non-hydrogen) atoms. The van der Waals surface area contributed by atoms with Crippen molar-refractivity contribution in [1.82, 2.24) is 9.78 Å². The number of methoxy groups -OCH3 is 1. The highest BCUT2D eigenvalue weighted by Gasteiger charge is 2.05. The summed E-state index contributed by atoms with van der Waals surface area (Å²) in [6.45, 7) is 0.911. The van der Waals surface area contributed by atoms with E-state index < -0.39 is 5.97 Å². The fraction of sp³-hybridized carbons (Fsp3) is 0.286. The molecule has 0 unspecified atom stereocenters. The number of benzene rings is 1. The van der Waals surface area contributed by atoms with Crippen LogP contribution in [0.3, 0.4) is 0 Å². The number of aromatic nitrogens is 2. The first kappa shape index (κ1) is 14.1. The predicted molar refractivity (Wildman–Crippen MR) is 72.7 cm³/mol. The number of nitrogens with zero attached hydrogens (tertiary/aromatic N) is 2. The smallest absolute Gasteiger partial charge is 0.325 e. The van der Waals surface area contributed by atoms with Crippen molar-refractivity contribution in [2.24, 2.45) is 0 Å². The molecule has 2 aromatic rings. The lowest BCUT2D eigenvalue weighted by Gasteiger charge is -2.05. The van der Waals surface area contributed by atoms with Crippen molar-refractivity contribution in [3.8, 4) is 16.9 Å². The quantitative estimate of drug-likeness (QED) is 0.778. The molecule has 0 spiro atoms. The van der Waals surface area contributed by atoms with Crippen molar-refractivity contribution in [3.05, 3.63) is 36.7 Å². The summed E-state index contributed by atoms with van der Waals surface area (Å²) in [5.41, 5.74) is 1.83. The maximum Gasteiger partial charge on any atom is 0.325 e. The van der Waals surface area contributed by atoms with Crippen LogP contribution in [0.25, 0.3) is 11.1 Å². The SMILES string of the molecule is COCCOc1ccc(-c2cnn(CC(=O)O)c2)cc1. The molecule has 0 bridgehead atoms. The molecule has 2 rings (SSSR count). The van der Waals surface area contributed by atoms with E-state index in [1.807, 2.05) is 24.3 Å². The van der Waals surface area contributed by atoms with Gasteiger partial charge in [0.2, 0.25) is 0 Å². The second-order valence-corrected chi connectivity index (χ2v) is 4.19. The molecule has 0 aliphatic heterocycles. The zero-order chi connectivity index (χ0) is 14.4. The second-order valence-electron chi connectivity index (χ2n) is 4.19. The summed E-state index contributed by atoms with van der Waals surface area (Å²) in [5, 5.41) is 12.7. The molecule has 0 saturated carbocycles. The normalized spacial score (nSPS) is 10.4. The molecule has 6 heteroatoms. The first-order chi connectivity index (χ1) is 9.69. The Bertz CT molecular complexity index is 563. The minimum Gasteiger partial charge on any atom is -0.491 e. The highest BCUT2D eigenvalue weighted by atomic mass is 16.5. The van der Waals surface area contributed by atoms with Crippen molar-refractivity contribution in [1.29, 1.82) is 0 Å². The third-order valence-electron chi connectivity index (χ3n) is 2.67. The topological polar surface area (TPSA) is 73.6 Å². The minimum atomic E-state index is -0.915. The average Bonchev–Trinajstić information content (AvgIpc) is 2.87. The molecule has 1 aromatic carbocycles. The lowest BCUT2D eigenvalue weighted by atomic mass is 10.1. The van der Waals surface area contributed by atoms with Crippen molar-refractivity contribution in [2.75, 3.05) is 20.3 Å². The molecule has 0 saturated heterocycles. The standard InChI is InChI=1S/C14H16N2O4/c1-19-6-7-20-13-4-2-11(3-5-13)12-8-15-16(9-12)10-14(17)18/h2-5,8-9H,6-7,10H2,1H3,(H,17,18). The van der Waals surface area contributed by atoms with E-state index in [1.54, 1.807) is 19.5 Å². The summed E-state index contributed by atoms with van der Waals surface area (Å²) in [4.78, 5) is 10.6. The molecule has 6 nitrogen and oxygen atoms in total. The molecule has 1 N–H and O–H groups in total. The Hall–Kier alpha value is -2.34. The summed E-state index contributed by atoms with van der Waals surface area (Å²) in [5.74, 6) is -0.148. The van der Waals surface area contributed by atoms with Gasteiger partial charge in [-0.05, 0) is 17.7 Å². The van der Waals surface area contributed by atoms with Crippen LogP contribution in [0.1, 0.15) is 0 Å². The van der Waals surface area contributed by atoms with Crippen LogP contribution in [0, 0.1) is 0 Å². The third-order valence-corrected chi connectivity index (χ3v) is 2.67. The van der Waals surface area contributed by atoms with Gasteiger partial charge in [-0.25, -0.2) is 0 Å². The van der Waals surface area contributed by atoms with Gasteiger partial charge in [-0.1, -0.05) is 12.1 Å². The van der Waals surface area contributed by atoms with E-state index in [-0.39, 0.29) is 6.54 Å². The van der Waals surface area contributed by atoms with Gasteiger partial charge in [0.05, 0.1) is 12.8 Å². The van der Waals surface area contributed by atoms with Crippen LogP contribution in [0.4, 0.5) is 0 Å². The number of rotatable bonds is 7. The Balaban J connectivity index is 2.02. The summed E-state index contributed by atoms with van der Waals surface area (Å²) in [7, 11) is 1.63. The first-order valence-corrected chi connectivity index (χ1v) is 6.15. The van der Waals surface area contributed by atoms with Gasteiger partial charge in [-0.3, -0.25) is 9.48 Å². The molecule has 1 heterocycles. The first-order valence-electron chi connectivity index (χ1n) is 6.15. The fourth-order valence-electron chi connectivity index (χ4n) is 1.72. The summed E-state index contributed by atoms with van der Waals surface area (Å²) in [6.07, 6.45) is 3.35. The Morgan fingerprint density at radius 2 is 2.00 bits per heavy atom. The number of hydrogen-bond acceptors (Lipinski definition) is 4. The van der Waals surface area contributed by atoms with Gasteiger partial charge in [0.15, 0.2) is 0 Å². The van der Waals surface area contributed by atoms with E-state index in [4.69, 9.17) is 14.6 Å². The van der Waals surface area contributed by atoms with Gasteiger partial charge in [0, 0.05) is 18.9 Å². The number of hydrogen-bond donors (Lipinski definition) is 1. The summed E-state index contributed by atoms with van der Waals surface area (Å²) >= 11 is 0. The number of carboxylic acid groups (broad SMARTS) is 1. The van der Waals surface area contributed by atoms with Crippen LogP contribution in [-0.2, 0) is 16.1 Å². The van der Waals surface area contributed by atoms with Gasteiger partial charge in [0.1, 0.15) is 18.9 Å². The Labute approximate surface area is 116 Å². The fourth-order valence-corrected chi connectivity index (χ4v) is 1.72. The monoisotopic (exact) mass is 276 g/mol. The van der Waals surface area contributed by atoms with E-state index >= 15 is 0 Å². The van der Waals surface area contributed by atoms with Gasteiger partial charge in [0.25, 0.3) is 0 Å². The Morgan fingerprint density at radius 3 is 2.65 bits per heavy atom. The molecule has 0 aliphatic carbocycles. The maximum atomic E-state index is 10.6. The highest BCUT2D eigenvalue weighted by Crippen LogP contribution is 2.21. The van der Waals surface area contributed by atoms with Gasteiger partial charge < -0.3 is 14.6 Å². The summed E-state index contributed by atoms with van der Waals surface area (Å²) in [6, 6.07) is 7.54. The molecule has 106 valence electrons. The molecule has 0 fully saturated rings. The molecule has 0 atom stereocenters. The molecular weight excluding hydrogens is 260 g/mol. The van der Waals surface area contributed by atoms with Crippen LogP contribution in [-0.4, -0.2) is 41.2 Å². The van der Waals surface area contributed by atoms with Crippen LogP contribution in [0.5, 0.6) is 5.75 Å². The van der Waals surface area contributed by atoms with Crippen molar-refractivity contribution in [3.63, 3.8) is 0 Å². The molecule has 0 amide bonds. The largest absolute Gasteiger partial charge is 0.491 e. The number of carbonyl (C=O) groups is 1. The van der Waals surface area contributed by atoms with Gasteiger partial charge in [-0.2, -0.15) is 5.10 Å². The van der Waals surface area contributed by atoms with Gasteiger partial charge in [-0.15, -0.1) is 0 Å². The lowest BCUT2D eigenvalue weighted by Crippen LogP contribution is -2.08. The van der Waals surface area contributed by atoms with Crippen molar-refractivity contribution < 1.29 is 19.4 Å². The third kappa shape index (κ3) is 3.83. The molecular formula is C14H16N2O4. The average molecular weight is 276 g/mol. The molecule has 0 aliphatic rings. The zero-order valence-electron chi connectivity index (χ0n) is 11.2. The Kier molecular flexibility index (Phi) is 4.73. The van der Waals surface area contributed by atoms with Crippen LogP contribution >= 0.6 is 0 Å². The summed E-state index contributed by atoms with van der Waals surface area (Å²) < 4.78 is 11.8. The lowest BCUT2D eigenvalue weighted by molar-refractivity contribution is -0.137. The van der Waals surface area contributed by atoms with E-state index in [0.29, 0.717) is 13.2 Å². The zero-order valence-corrected chi connectivity index (χ0v) is 11.2. The van der Waals surface area contributed by atoms with E-state index in [0.717, 1.165) is 16.9 Å². The van der Waals surface area contributed by atoms with Crippen LogP contribution in [0.15, 0.2) is 36.7 Å². The highest BCUT2D eigenvalue weighted by molar-refractivity contribution is 5.67. The molecule has 0 radical (unpaired) electrons.